The second kappa shape index (κ2) is 3.44. The predicted molar refractivity (Wildman–Crippen MR) is 55.9 cm³/mol. The van der Waals surface area contributed by atoms with Crippen molar-refractivity contribution in [1.82, 2.24) is 4.98 Å². The van der Waals surface area contributed by atoms with Gasteiger partial charge in [-0.1, -0.05) is 6.07 Å². The van der Waals surface area contributed by atoms with Crippen molar-refractivity contribution in [1.29, 1.82) is 0 Å². The maximum atomic E-state index is 4.25. The van der Waals surface area contributed by atoms with Gasteiger partial charge in [0.05, 0.1) is 5.52 Å². The lowest BCUT2D eigenvalue weighted by molar-refractivity contribution is 1.21. The fourth-order valence-electron chi connectivity index (χ4n) is 1.39. The molecule has 0 aliphatic heterocycles. The zero-order valence-corrected chi connectivity index (χ0v) is 7.62. The van der Waals surface area contributed by atoms with E-state index in [2.05, 4.69) is 35.4 Å². The fourth-order valence-corrected chi connectivity index (χ4v) is 1.39. The summed E-state index contributed by atoms with van der Waals surface area (Å²) in [5.41, 5.74) is 2.20. The van der Waals surface area contributed by atoms with Crippen LogP contribution in [0.1, 0.15) is 6.92 Å². The first-order valence-electron chi connectivity index (χ1n) is 4.49. The molecule has 2 aromatic rings. The van der Waals surface area contributed by atoms with Crippen molar-refractivity contribution in [3.63, 3.8) is 0 Å². The van der Waals surface area contributed by atoms with E-state index in [1.807, 2.05) is 18.3 Å². The molecule has 1 heterocycles. The fraction of sp³-hybridized carbons (Fsp3) is 0.182. The van der Waals surface area contributed by atoms with Crippen LogP contribution in [0, 0.1) is 0 Å². The van der Waals surface area contributed by atoms with E-state index in [1.165, 1.54) is 5.39 Å². The standard InChI is InChI=1S/C11H12N2/c1-2-12-10-5-6-11-9(8-10)4-3-7-13-11/h3-8,12H,2H2,1H3. The minimum absolute atomic E-state index is 0.950. The molecule has 0 radical (unpaired) electrons. The second-order valence-electron chi connectivity index (χ2n) is 2.94. The van der Waals surface area contributed by atoms with Crippen LogP contribution in [0.5, 0.6) is 0 Å². The number of anilines is 1. The first-order valence-corrected chi connectivity index (χ1v) is 4.49. The highest BCUT2D eigenvalue weighted by Gasteiger charge is 1.94. The molecule has 2 rings (SSSR count). The van der Waals surface area contributed by atoms with Crippen molar-refractivity contribution < 1.29 is 0 Å². The van der Waals surface area contributed by atoms with Crippen LogP contribution in [0.4, 0.5) is 5.69 Å². The van der Waals surface area contributed by atoms with Crippen molar-refractivity contribution in [3.05, 3.63) is 36.5 Å². The summed E-state index contributed by atoms with van der Waals surface area (Å²) in [6.07, 6.45) is 1.81. The first-order chi connectivity index (χ1) is 6.40. The van der Waals surface area contributed by atoms with Gasteiger partial charge in [0.2, 0.25) is 0 Å². The van der Waals surface area contributed by atoms with Crippen LogP contribution in [0.15, 0.2) is 36.5 Å². The summed E-state index contributed by atoms with van der Waals surface area (Å²) < 4.78 is 0. The van der Waals surface area contributed by atoms with Gasteiger partial charge in [0.15, 0.2) is 0 Å². The summed E-state index contributed by atoms with van der Waals surface area (Å²) in [4.78, 5) is 4.25. The Bertz CT molecular complexity index is 410. The van der Waals surface area contributed by atoms with Crippen molar-refractivity contribution in [2.24, 2.45) is 0 Å². The van der Waals surface area contributed by atoms with Crippen LogP contribution in [0.3, 0.4) is 0 Å². The number of aromatic nitrogens is 1. The molecule has 0 saturated heterocycles. The molecule has 1 aromatic heterocycles. The summed E-state index contributed by atoms with van der Waals surface area (Å²) in [5.74, 6) is 0. The molecule has 1 aromatic carbocycles. The van der Waals surface area contributed by atoms with Gasteiger partial charge in [0.1, 0.15) is 0 Å². The Kier molecular flexibility index (Phi) is 2.13. The van der Waals surface area contributed by atoms with E-state index in [9.17, 15) is 0 Å². The van der Waals surface area contributed by atoms with Gasteiger partial charge in [-0.2, -0.15) is 0 Å². The average molecular weight is 172 g/mol. The zero-order chi connectivity index (χ0) is 9.10. The number of hydrogen-bond acceptors (Lipinski definition) is 2. The van der Waals surface area contributed by atoms with Gasteiger partial charge < -0.3 is 5.32 Å². The van der Waals surface area contributed by atoms with E-state index in [0.717, 1.165) is 17.7 Å². The number of fused-ring (bicyclic) bond motifs is 1. The molecular formula is C11H12N2. The molecule has 0 aliphatic rings. The number of nitrogens with one attached hydrogen (secondary N) is 1. The number of pyridine rings is 1. The van der Waals surface area contributed by atoms with Gasteiger partial charge in [-0.15, -0.1) is 0 Å². The SMILES string of the molecule is CCNc1ccc2ncccc2c1. The predicted octanol–water partition coefficient (Wildman–Crippen LogP) is 2.67. The van der Waals surface area contributed by atoms with Gasteiger partial charge in [0.25, 0.3) is 0 Å². The molecule has 13 heavy (non-hydrogen) atoms. The van der Waals surface area contributed by atoms with Crippen LogP contribution < -0.4 is 5.32 Å². The Balaban J connectivity index is 2.49. The number of nitrogens with zero attached hydrogens (tertiary/aromatic N) is 1. The van der Waals surface area contributed by atoms with Gasteiger partial charge in [-0.3, -0.25) is 4.98 Å². The molecule has 0 fully saturated rings. The smallest absolute Gasteiger partial charge is 0.0703 e. The molecule has 0 aliphatic carbocycles. The van der Waals surface area contributed by atoms with E-state index in [1.54, 1.807) is 0 Å². The molecule has 2 nitrogen and oxygen atoms in total. The summed E-state index contributed by atoms with van der Waals surface area (Å²) in [6.45, 7) is 3.04. The molecule has 1 N–H and O–H groups in total. The lowest BCUT2D eigenvalue weighted by atomic mass is 10.2. The third-order valence-electron chi connectivity index (χ3n) is 1.98. The third kappa shape index (κ3) is 1.61. The van der Waals surface area contributed by atoms with Gasteiger partial charge >= 0.3 is 0 Å². The Morgan fingerprint density at radius 2 is 2.23 bits per heavy atom. The van der Waals surface area contributed by atoms with Gasteiger partial charge in [-0.05, 0) is 31.2 Å². The van der Waals surface area contributed by atoms with E-state index < -0.39 is 0 Å². The average Bonchev–Trinajstić information content (AvgIpc) is 2.18. The highest BCUT2D eigenvalue weighted by Crippen LogP contribution is 2.16. The Morgan fingerprint density at radius 1 is 1.31 bits per heavy atom. The molecule has 66 valence electrons. The molecule has 0 saturated carbocycles. The molecular weight excluding hydrogens is 160 g/mol. The summed E-state index contributed by atoms with van der Waals surface area (Å²) >= 11 is 0. The van der Waals surface area contributed by atoms with E-state index in [4.69, 9.17) is 0 Å². The van der Waals surface area contributed by atoms with Crippen LogP contribution in [-0.4, -0.2) is 11.5 Å². The number of benzene rings is 1. The maximum Gasteiger partial charge on any atom is 0.0703 e. The first kappa shape index (κ1) is 8.05. The van der Waals surface area contributed by atoms with Crippen LogP contribution in [-0.2, 0) is 0 Å². The lowest BCUT2D eigenvalue weighted by Gasteiger charge is -2.03. The minimum atomic E-state index is 0.950. The topological polar surface area (TPSA) is 24.9 Å². The van der Waals surface area contributed by atoms with Crippen molar-refractivity contribution >= 4 is 16.6 Å². The van der Waals surface area contributed by atoms with Crippen LogP contribution >= 0.6 is 0 Å². The van der Waals surface area contributed by atoms with Crippen molar-refractivity contribution in [2.75, 3.05) is 11.9 Å². The highest BCUT2D eigenvalue weighted by molar-refractivity contribution is 5.82. The number of rotatable bonds is 2. The molecule has 0 unspecified atom stereocenters. The Hall–Kier alpha value is -1.57. The molecule has 0 bridgehead atoms. The van der Waals surface area contributed by atoms with E-state index in [0.29, 0.717) is 0 Å². The molecule has 2 heteroatoms. The highest BCUT2D eigenvalue weighted by atomic mass is 14.8. The second-order valence-corrected chi connectivity index (χ2v) is 2.94. The molecule has 0 amide bonds. The van der Waals surface area contributed by atoms with Gasteiger partial charge in [-0.25, -0.2) is 0 Å². The normalized spacial score (nSPS) is 10.2. The quantitative estimate of drug-likeness (QED) is 0.753. The van der Waals surface area contributed by atoms with Crippen LogP contribution in [0.25, 0.3) is 10.9 Å². The summed E-state index contributed by atoms with van der Waals surface area (Å²) in [5, 5.41) is 4.45. The molecule has 0 spiro atoms. The summed E-state index contributed by atoms with van der Waals surface area (Å²) in [7, 11) is 0. The van der Waals surface area contributed by atoms with Gasteiger partial charge in [0, 0.05) is 23.8 Å². The summed E-state index contributed by atoms with van der Waals surface area (Å²) in [6, 6.07) is 10.2. The Morgan fingerprint density at radius 3 is 3.08 bits per heavy atom. The largest absolute Gasteiger partial charge is 0.385 e. The number of hydrogen-bond donors (Lipinski definition) is 1. The Labute approximate surface area is 77.6 Å². The van der Waals surface area contributed by atoms with Crippen molar-refractivity contribution in [3.8, 4) is 0 Å². The monoisotopic (exact) mass is 172 g/mol. The van der Waals surface area contributed by atoms with Crippen LogP contribution in [0.2, 0.25) is 0 Å². The maximum absolute atomic E-state index is 4.25. The third-order valence-corrected chi connectivity index (χ3v) is 1.98. The van der Waals surface area contributed by atoms with Crippen molar-refractivity contribution in [2.45, 2.75) is 6.92 Å². The van der Waals surface area contributed by atoms with E-state index >= 15 is 0 Å². The van der Waals surface area contributed by atoms with E-state index in [-0.39, 0.29) is 0 Å². The lowest BCUT2D eigenvalue weighted by Crippen LogP contribution is -1.95. The zero-order valence-electron chi connectivity index (χ0n) is 7.62. The minimum Gasteiger partial charge on any atom is -0.385 e. The molecule has 0 atom stereocenters.